The number of hydrogen-bond donors (Lipinski definition) is 0. The summed E-state index contributed by atoms with van der Waals surface area (Å²) in [4.78, 5) is 39.7. The number of ketones is 3. The Labute approximate surface area is 187 Å². The maximum Gasteiger partial charge on any atom is 0.229 e. The van der Waals surface area contributed by atoms with Crippen molar-refractivity contribution in [3.05, 3.63) is 131 Å². The Morgan fingerprint density at radius 1 is 0.625 bits per heavy atom. The molecule has 0 radical (unpaired) electrons. The van der Waals surface area contributed by atoms with Crippen molar-refractivity contribution in [2.24, 2.45) is 0 Å². The molecule has 0 aliphatic heterocycles. The molecule has 154 valence electrons. The molecule has 0 saturated heterocycles. The van der Waals surface area contributed by atoms with Crippen molar-refractivity contribution in [1.82, 2.24) is 0 Å². The molecule has 4 heteroatoms. The van der Waals surface area contributed by atoms with Crippen LogP contribution in [0, 0.1) is 0 Å². The Kier molecular flexibility index (Phi) is 5.13. The van der Waals surface area contributed by atoms with Gasteiger partial charge in [-0.3, -0.25) is 14.4 Å². The van der Waals surface area contributed by atoms with Crippen molar-refractivity contribution in [2.45, 2.75) is 6.42 Å². The lowest BCUT2D eigenvalue weighted by Crippen LogP contribution is -2.31. The number of carbonyl (C=O) groups excluding carboxylic acids is 3. The second kappa shape index (κ2) is 8.11. The van der Waals surface area contributed by atoms with E-state index in [4.69, 9.17) is 0 Å². The van der Waals surface area contributed by atoms with Gasteiger partial charge >= 0.3 is 0 Å². The van der Waals surface area contributed by atoms with Crippen LogP contribution in [0.5, 0.6) is 0 Å². The second-order valence-corrected chi connectivity index (χ2v) is 11.1. The van der Waals surface area contributed by atoms with Gasteiger partial charge in [-0.2, -0.15) is 0 Å². The van der Waals surface area contributed by atoms with Crippen LogP contribution in [0.15, 0.2) is 120 Å². The number of carbonyl (C=O) groups is 3. The molecule has 5 rings (SSSR count). The molecular formula is C28H20O3P+. The lowest BCUT2D eigenvalue weighted by Gasteiger charge is -2.31. The van der Waals surface area contributed by atoms with Crippen LogP contribution in [0.4, 0.5) is 0 Å². The fourth-order valence-corrected chi connectivity index (χ4v) is 8.86. The van der Waals surface area contributed by atoms with Gasteiger partial charge in [-0.1, -0.05) is 66.7 Å². The third-order valence-electron chi connectivity index (χ3n) is 5.89. The minimum atomic E-state index is -2.79. The molecule has 0 atom stereocenters. The molecule has 0 fully saturated rings. The van der Waals surface area contributed by atoms with Gasteiger partial charge in [0, 0.05) is 29.7 Å². The van der Waals surface area contributed by atoms with Crippen molar-refractivity contribution in [3.63, 3.8) is 0 Å². The second-order valence-electron chi connectivity index (χ2n) is 7.75. The van der Waals surface area contributed by atoms with Gasteiger partial charge in [-0.25, -0.2) is 0 Å². The van der Waals surface area contributed by atoms with E-state index in [0.717, 1.165) is 15.9 Å². The predicted octanol–water partition coefficient (Wildman–Crippen LogP) is 5.03. The molecule has 0 amide bonds. The molecule has 2 aliphatic rings. The summed E-state index contributed by atoms with van der Waals surface area (Å²) in [5.41, 5.74) is 0.836. The molecule has 3 aromatic rings. The molecule has 0 saturated carbocycles. The maximum absolute atomic E-state index is 14.0. The Morgan fingerprint density at radius 2 is 1.19 bits per heavy atom. The van der Waals surface area contributed by atoms with Crippen LogP contribution in [0.25, 0.3) is 0 Å². The zero-order valence-electron chi connectivity index (χ0n) is 17.3. The smallest absolute Gasteiger partial charge is 0.229 e. The van der Waals surface area contributed by atoms with E-state index < -0.39 is 7.26 Å². The molecule has 3 aromatic carbocycles. The summed E-state index contributed by atoms with van der Waals surface area (Å²) >= 11 is 0. The van der Waals surface area contributed by atoms with Gasteiger partial charge in [-0.15, -0.1) is 0 Å². The first-order valence-corrected chi connectivity index (χ1v) is 12.2. The molecule has 0 unspecified atom stereocenters. The van der Waals surface area contributed by atoms with E-state index in [0.29, 0.717) is 22.9 Å². The first-order valence-electron chi connectivity index (χ1n) is 10.4. The maximum atomic E-state index is 14.0. The number of allylic oxidation sites excluding steroid dienone is 6. The number of Topliss-reactive ketones (excluding diaryl/α,β-unsaturated/α-hetero) is 1. The standard InChI is InChI=1S/C28H20O3P/c29-20-10-9-15-23(18-20)32(21-11-3-1-4-12-21,22-13-5-2-6-14-22)27-19-26(30)24-16-7-8-17-25(24)28(27)31/h1-9,11-19H,10H2/q+1. The van der Waals surface area contributed by atoms with Gasteiger partial charge in [0.2, 0.25) is 5.78 Å². The molecule has 32 heavy (non-hydrogen) atoms. The Bertz CT molecular complexity index is 1290. The van der Waals surface area contributed by atoms with E-state index in [-0.39, 0.29) is 17.3 Å². The first-order chi connectivity index (χ1) is 15.6. The quantitative estimate of drug-likeness (QED) is 0.540. The number of rotatable bonds is 4. The fourth-order valence-electron chi connectivity index (χ4n) is 4.49. The van der Waals surface area contributed by atoms with Crippen molar-refractivity contribution in [3.8, 4) is 0 Å². The zero-order chi connectivity index (χ0) is 22.1. The predicted molar refractivity (Wildman–Crippen MR) is 129 cm³/mol. The van der Waals surface area contributed by atoms with Crippen LogP contribution >= 0.6 is 7.26 Å². The van der Waals surface area contributed by atoms with Gasteiger partial charge in [0.15, 0.2) is 16.9 Å². The summed E-state index contributed by atoms with van der Waals surface area (Å²) in [6, 6.07) is 26.5. The van der Waals surface area contributed by atoms with Crippen LogP contribution in [0.2, 0.25) is 0 Å². The molecule has 0 N–H and O–H groups in total. The van der Waals surface area contributed by atoms with E-state index in [9.17, 15) is 14.4 Å². The van der Waals surface area contributed by atoms with Crippen LogP contribution in [0.3, 0.4) is 0 Å². The SMILES string of the molecule is O=C1C=C([P+](C2=CC(=O)c3ccccc3C2=O)(c2ccccc2)c2ccccc2)C=CC1. The van der Waals surface area contributed by atoms with Gasteiger partial charge in [-0.05, 0) is 30.3 Å². The summed E-state index contributed by atoms with van der Waals surface area (Å²) < 4.78 is 0. The molecule has 0 bridgehead atoms. The zero-order valence-corrected chi connectivity index (χ0v) is 18.2. The van der Waals surface area contributed by atoms with Crippen molar-refractivity contribution < 1.29 is 14.4 Å². The van der Waals surface area contributed by atoms with Crippen LogP contribution in [-0.4, -0.2) is 17.3 Å². The monoisotopic (exact) mass is 435 g/mol. The third-order valence-corrected chi connectivity index (χ3v) is 10.1. The van der Waals surface area contributed by atoms with Crippen LogP contribution in [0.1, 0.15) is 27.1 Å². The van der Waals surface area contributed by atoms with E-state index in [1.165, 1.54) is 6.08 Å². The summed E-state index contributed by atoms with van der Waals surface area (Å²) in [5.74, 6) is -0.346. The van der Waals surface area contributed by atoms with Gasteiger partial charge in [0.05, 0.1) is 0 Å². The third kappa shape index (κ3) is 3.14. The Hall–Kier alpha value is -3.68. The van der Waals surface area contributed by atoms with E-state index in [1.54, 1.807) is 30.3 Å². The highest BCUT2D eigenvalue weighted by Gasteiger charge is 2.55. The van der Waals surface area contributed by atoms with E-state index in [2.05, 4.69) is 0 Å². The molecule has 0 aromatic heterocycles. The lowest BCUT2D eigenvalue weighted by molar-refractivity contribution is -0.113. The largest absolute Gasteiger partial charge is 0.294 e. The van der Waals surface area contributed by atoms with Gasteiger partial charge in [0.1, 0.15) is 23.2 Å². The molecule has 3 nitrogen and oxygen atoms in total. The number of fused-ring (bicyclic) bond motifs is 1. The van der Waals surface area contributed by atoms with Crippen LogP contribution < -0.4 is 10.6 Å². The van der Waals surface area contributed by atoms with E-state index in [1.807, 2.05) is 72.8 Å². The summed E-state index contributed by atoms with van der Waals surface area (Å²) in [5, 5.41) is 3.12. The number of hydrogen-bond acceptors (Lipinski definition) is 3. The number of benzene rings is 3. The molecule has 0 spiro atoms. The fraction of sp³-hybridized carbons (Fsp3) is 0.0357. The summed E-state index contributed by atoms with van der Waals surface area (Å²) in [7, 11) is -2.79. The van der Waals surface area contributed by atoms with Gasteiger partial charge < -0.3 is 0 Å². The van der Waals surface area contributed by atoms with Crippen LogP contribution in [-0.2, 0) is 4.79 Å². The molecular weight excluding hydrogens is 415 g/mol. The minimum Gasteiger partial charge on any atom is -0.294 e. The highest BCUT2D eigenvalue weighted by molar-refractivity contribution is 7.97. The minimum absolute atomic E-state index is 0.00526. The average molecular weight is 435 g/mol. The topological polar surface area (TPSA) is 51.2 Å². The van der Waals surface area contributed by atoms with Crippen molar-refractivity contribution in [2.75, 3.05) is 0 Å². The lowest BCUT2D eigenvalue weighted by atomic mass is 9.95. The highest BCUT2D eigenvalue weighted by Crippen LogP contribution is 2.71. The van der Waals surface area contributed by atoms with E-state index >= 15 is 0 Å². The average Bonchev–Trinajstić information content (AvgIpc) is 2.84. The first kappa shape index (κ1) is 20.2. The Morgan fingerprint density at radius 3 is 1.78 bits per heavy atom. The van der Waals surface area contributed by atoms with Crippen molar-refractivity contribution in [1.29, 1.82) is 0 Å². The highest BCUT2D eigenvalue weighted by atomic mass is 31.2. The van der Waals surface area contributed by atoms with Gasteiger partial charge in [0.25, 0.3) is 0 Å². The summed E-state index contributed by atoms with van der Waals surface area (Å²) in [6.07, 6.45) is 7.30. The molecule has 0 heterocycles. The van der Waals surface area contributed by atoms with Crippen molar-refractivity contribution >= 4 is 35.2 Å². The molecule has 2 aliphatic carbocycles. The summed E-state index contributed by atoms with van der Waals surface area (Å²) in [6.45, 7) is 0. The normalized spacial score (nSPS) is 15.8. The Balaban J connectivity index is 1.89.